The van der Waals surface area contributed by atoms with Gasteiger partial charge in [-0.2, -0.15) is 0 Å². The quantitative estimate of drug-likeness (QED) is 0.729. The fourth-order valence-corrected chi connectivity index (χ4v) is 3.58. The van der Waals surface area contributed by atoms with Gasteiger partial charge in [-0.3, -0.25) is 4.79 Å². The Morgan fingerprint density at radius 3 is 2.79 bits per heavy atom. The van der Waals surface area contributed by atoms with Crippen LogP contribution in [0.5, 0.6) is 0 Å². The number of hydrogen-bond donors (Lipinski definition) is 2. The maximum Gasteiger partial charge on any atom is 0.321 e. The van der Waals surface area contributed by atoms with E-state index in [4.69, 9.17) is 4.52 Å². The Hall–Kier alpha value is -3.42. The zero-order valence-electron chi connectivity index (χ0n) is 15.7. The maximum atomic E-state index is 12.6. The lowest BCUT2D eigenvalue weighted by atomic mass is 9.99. The van der Waals surface area contributed by atoms with E-state index in [-0.39, 0.29) is 17.9 Å². The number of carbonyl (C=O) groups is 2. The Bertz CT molecular complexity index is 1030. The average molecular weight is 379 g/mol. The van der Waals surface area contributed by atoms with Crippen LogP contribution in [0.4, 0.5) is 10.5 Å². The van der Waals surface area contributed by atoms with Gasteiger partial charge in [0, 0.05) is 37.4 Å². The molecular weight excluding hydrogens is 358 g/mol. The Balaban J connectivity index is 1.58. The van der Waals surface area contributed by atoms with Crippen molar-refractivity contribution >= 4 is 28.7 Å². The summed E-state index contributed by atoms with van der Waals surface area (Å²) in [4.78, 5) is 31.0. The molecule has 1 aliphatic rings. The summed E-state index contributed by atoms with van der Waals surface area (Å²) >= 11 is 0. The Morgan fingerprint density at radius 2 is 2.04 bits per heavy atom. The highest BCUT2D eigenvalue weighted by Crippen LogP contribution is 2.33. The van der Waals surface area contributed by atoms with Gasteiger partial charge < -0.3 is 20.1 Å². The molecule has 1 aliphatic heterocycles. The smallest absolute Gasteiger partial charge is 0.321 e. The first kappa shape index (κ1) is 18.0. The van der Waals surface area contributed by atoms with E-state index in [1.165, 1.54) is 0 Å². The number of benzene rings is 1. The second kappa shape index (κ2) is 7.30. The molecular formula is C20H21N5O3. The summed E-state index contributed by atoms with van der Waals surface area (Å²) in [5.74, 6) is -0.229. The number of nitrogens with zero attached hydrogens (tertiary/aromatic N) is 3. The van der Waals surface area contributed by atoms with Crippen molar-refractivity contribution < 1.29 is 14.1 Å². The minimum atomic E-state index is -0.211. The number of hydrogen-bond acceptors (Lipinski definition) is 5. The molecule has 2 N–H and O–H groups in total. The number of amides is 3. The van der Waals surface area contributed by atoms with Gasteiger partial charge in [0.2, 0.25) is 0 Å². The second-order valence-corrected chi connectivity index (χ2v) is 6.87. The molecule has 1 saturated heterocycles. The molecule has 4 rings (SSSR count). The van der Waals surface area contributed by atoms with Crippen molar-refractivity contribution in [2.75, 3.05) is 25.5 Å². The molecule has 3 aromatic rings. The van der Waals surface area contributed by atoms with Crippen molar-refractivity contribution in [3.8, 4) is 0 Å². The molecule has 2 aromatic heterocycles. The van der Waals surface area contributed by atoms with Crippen LogP contribution in [0.25, 0.3) is 11.1 Å². The number of anilines is 1. The van der Waals surface area contributed by atoms with E-state index in [1.807, 2.05) is 30.3 Å². The third kappa shape index (κ3) is 3.28. The molecule has 0 spiro atoms. The SMILES string of the molecule is CNC(=O)c1cc(C)nc2onc(C3CCN(C(=O)Nc4ccccc4)C3)c12. The number of urea groups is 1. The van der Waals surface area contributed by atoms with E-state index in [1.54, 1.807) is 24.9 Å². The van der Waals surface area contributed by atoms with Crippen LogP contribution < -0.4 is 10.6 Å². The van der Waals surface area contributed by atoms with Crippen molar-refractivity contribution in [3.63, 3.8) is 0 Å². The predicted molar refractivity (Wildman–Crippen MR) is 104 cm³/mol. The minimum absolute atomic E-state index is 0.0179. The molecule has 0 radical (unpaired) electrons. The summed E-state index contributed by atoms with van der Waals surface area (Å²) < 4.78 is 5.41. The molecule has 28 heavy (non-hydrogen) atoms. The molecule has 3 amide bonds. The van der Waals surface area contributed by atoms with Gasteiger partial charge in [-0.15, -0.1) is 0 Å². The summed E-state index contributed by atoms with van der Waals surface area (Å²) in [6.45, 7) is 2.91. The zero-order chi connectivity index (χ0) is 19.7. The molecule has 8 heteroatoms. The lowest BCUT2D eigenvalue weighted by Gasteiger charge is -2.17. The fourth-order valence-electron chi connectivity index (χ4n) is 3.58. The third-order valence-corrected chi connectivity index (χ3v) is 4.96. The first-order valence-electron chi connectivity index (χ1n) is 9.17. The standard InChI is InChI=1S/C20H21N5O3/c1-12-10-15(18(26)21-2)16-17(24-28-19(16)22-12)13-8-9-25(11-13)20(27)23-14-6-4-3-5-7-14/h3-7,10,13H,8-9,11H2,1-2H3,(H,21,26)(H,23,27). The molecule has 144 valence electrons. The van der Waals surface area contributed by atoms with Crippen LogP contribution >= 0.6 is 0 Å². The molecule has 0 aliphatic carbocycles. The van der Waals surface area contributed by atoms with Crippen LogP contribution in [0, 0.1) is 6.92 Å². The monoisotopic (exact) mass is 379 g/mol. The van der Waals surface area contributed by atoms with E-state index in [0.29, 0.717) is 41.1 Å². The van der Waals surface area contributed by atoms with Gasteiger partial charge in [-0.25, -0.2) is 9.78 Å². The highest BCUT2D eigenvalue weighted by Gasteiger charge is 2.32. The normalized spacial score (nSPS) is 16.4. The van der Waals surface area contributed by atoms with E-state index in [0.717, 1.165) is 12.1 Å². The molecule has 8 nitrogen and oxygen atoms in total. The van der Waals surface area contributed by atoms with Crippen molar-refractivity contribution in [1.29, 1.82) is 0 Å². The highest BCUT2D eigenvalue weighted by atomic mass is 16.5. The summed E-state index contributed by atoms with van der Waals surface area (Å²) in [5, 5.41) is 10.4. The van der Waals surface area contributed by atoms with Gasteiger partial charge in [0.25, 0.3) is 11.6 Å². The van der Waals surface area contributed by atoms with Crippen molar-refractivity contribution in [2.24, 2.45) is 0 Å². The molecule has 0 saturated carbocycles. The molecule has 1 atom stereocenters. The predicted octanol–water partition coefficient (Wildman–Crippen LogP) is 2.91. The minimum Gasteiger partial charge on any atom is -0.355 e. The van der Waals surface area contributed by atoms with E-state index in [2.05, 4.69) is 20.8 Å². The summed E-state index contributed by atoms with van der Waals surface area (Å²) in [7, 11) is 1.59. The van der Waals surface area contributed by atoms with Crippen molar-refractivity contribution in [3.05, 3.63) is 53.3 Å². The van der Waals surface area contributed by atoms with Crippen LogP contribution in [0.2, 0.25) is 0 Å². The Labute approximate surface area is 161 Å². The maximum absolute atomic E-state index is 12.6. The summed E-state index contributed by atoms with van der Waals surface area (Å²) in [6.07, 6.45) is 0.741. The van der Waals surface area contributed by atoms with E-state index in [9.17, 15) is 9.59 Å². The molecule has 1 fully saturated rings. The molecule has 1 aromatic carbocycles. The number of rotatable bonds is 3. The topological polar surface area (TPSA) is 100 Å². The van der Waals surface area contributed by atoms with Crippen LogP contribution in [-0.4, -0.2) is 47.1 Å². The number of likely N-dealkylation sites (tertiary alicyclic amines) is 1. The summed E-state index contributed by atoms with van der Waals surface area (Å²) in [6, 6.07) is 10.9. The number of nitrogens with one attached hydrogen (secondary N) is 2. The van der Waals surface area contributed by atoms with Crippen LogP contribution in [0.1, 0.15) is 34.1 Å². The zero-order valence-corrected chi connectivity index (χ0v) is 15.7. The Kier molecular flexibility index (Phi) is 4.68. The average Bonchev–Trinajstić information content (AvgIpc) is 3.34. The van der Waals surface area contributed by atoms with Gasteiger partial charge in [-0.1, -0.05) is 23.4 Å². The number of fused-ring (bicyclic) bond motifs is 1. The lowest BCUT2D eigenvalue weighted by Crippen LogP contribution is -2.32. The number of para-hydroxylation sites is 1. The largest absolute Gasteiger partial charge is 0.355 e. The lowest BCUT2D eigenvalue weighted by molar-refractivity contribution is 0.0964. The highest BCUT2D eigenvalue weighted by molar-refractivity contribution is 6.06. The van der Waals surface area contributed by atoms with E-state index >= 15 is 0 Å². The third-order valence-electron chi connectivity index (χ3n) is 4.96. The number of carbonyl (C=O) groups excluding carboxylic acids is 2. The van der Waals surface area contributed by atoms with Gasteiger partial charge >= 0.3 is 6.03 Å². The van der Waals surface area contributed by atoms with Crippen LogP contribution in [-0.2, 0) is 0 Å². The number of aromatic nitrogens is 2. The van der Waals surface area contributed by atoms with Crippen LogP contribution in [0.15, 0.2) is 40.9 Å². The van der Waals surface area contributed by atoms with Gasteiger partial charge in [0.15, 0.2) is 0 Å². The fraction of sp³-hybridized carbons (Fsp3) is 0.300. The molecule has 3 heterocycles. The first-order chi connectivity index (χ1) is 13.6. The van der Waals surface area contributed by atoms with E-state index < -0.39 is 0 Å². The van der Waals surface area contributed by atoms with Gasteiger partial charge in [0.1, 0.15) is 0 Å². The summed E-state index contributed by atoms with van der Waals surface area (Å²) in [5.41, 5.74) is 2.96. The molecule has 0 bridgehead atoms. The van der Waals surface area contributed by atoms with Crippen LogP contribution in [0.3, 0.4) is 0 Å². The molecule has 1 unspecified atom stereocenters. The first-order valence-corrected chi connectivity index (χ1v) is 9.17. The second-order valence-electron chi connectivity index (χ2n) is 6.87. The Morgan fingerprint density at radius 1 is 1.25 bits per heavy atom. The van der Waals surface area contributed by atoms with Gasteiger partial charge in [-0.05, 0) is 31.5 Å². The van der Waals surface area contributed by atoms with Gasteiger partial charge in [0.05, 0.1) is 16.6 Å². The van der Waals surface area contributed by atoms with Crippen molar-refractivity contribution in [2.45, 2.75) is 19.3 Å². The number of pyridine rings is 1. The number of aryl methyl sites for hydroxylation is 1. The van der Waals surface area contributed by atoms with Crippen molar-refractivity contribution in [1.82, 2.24) is 20.4 Å².